The van der Waals surface area contributed by atoms with Gasteiger partial charge in [-0.1, -0.05) is 252 Å². The molecule has 346 valence electrons. The van der Waals surface area contributed by atoms with Crippen LogP contribution in [0, 0.1) is 0 Å². The van der Waals surface area contributed by atoms with Gasteiger partial charge in [-0.15, -0.1) is 0 Å². The molecule has 1 amide bonds. The Bertz CT molecular complexity index is 1270. The molecule has 0 fully saturated rings. The van der Waals surface area contributed by atoms with E-state index in [4.69, 9.17) is 4.74 Å². The zero-order chi connectivity index (χ0) is 44.5. The van der Waals surface area contributed by atoms with Crippen LogP contribution in [0.15, 0.2) is 109 Å². The fourth-order valence-electron chi connectivity index (χ4n) is 6.87. The highest BCUT2D eigenvalue weighted by Crippen LogP contribution is 2.16. The van der Waals surface area contributed by atoms with Gasteiger partial charge in [-0.25, -0.2) is 0 Å². The molecule has 0 bridgehead atoms. The number of unbranched alkanes of at least 4 members (excludes halogenated alkanes) is 20. The van der Waals surface area contributed by atoms with E-state index >= 15 is 0 Å². The van der Waals surface area contributed by atoms with Crippen molar-refractivity contribution in [3.05, 3.63) is 109 Å². The average molecular weight is 846 g/mol. The summed E-state index contributed by atoms with van der Waals surface area (Å²) in [6.45, 7) is 6.14. The predicted molar refractivity (Wildman–Crippen MR) is 263 cm³/mol. The monoisotopic (exact) mass is 846 g/mol. The van der Waals surface area contributed by atoms with Crippen LogP contribution in [0.5, 0.6) is 0 Å². The fraction of sp³-hybridized carbons (Fsp3) is 0.636. The molecule has 0 spiro atoms. The number of amides is 1. The van der Waals surface area contributed by atoms with Crippen LogP contribution in [0.4, 0.5) is 0 Å². The third-order valence-electron chi connectivity index (χ3n) is 10.6. The summed E-state index contributed by atoms with van der Waals surface area (Å²) in [5, 5.41) is 23.7. The van der Waals surface area contributed by atoms with Crippen molar-refractivity contribution in [2.24, 2.45) is 0 Å². The number of ether oxygens (including phenoxy) is 1. The number of rotatable bonds is 42. The lowest BCUT2D eigenvalue weighted by molar-refractivity contribution is -0.150. The van der Waals surface area contributed by atoms with E-state index in [9.17, 15) is 19.8 Å². The molecule has 0 saturated carbocycles. The Morgan fingerprint density at radius 2 is 0.918 bits per heavy atom. The van der Waals surface area contributed by atoms with Crippen LogP contribution in [0.3, 0.4) is 0 Å². The van der Waals surface area contributed by atoms with Gasteiger partial charge in [0, 0.05) is 12.8 Å². The fourth-order valence-corrected chi connectivity index (χ4v) is 6.87. The van der Waals surface area contributed by atoms with Crippen molar-refractivity contribution in [2.75, 3.05) is 6.61 Å². The number of esters is 1. The van der Waals surface area contributed by atoms with Crippen molar-refractivity contribution in [1.29, 1.82) is 0 Å². The molecule has 0 aliphatic carbocycles. The number of carbonyl (C=O) groups is 2. The predicted octanol–water partition coefficient (Wildman–Crippen LogP) is 14.7. The van der Waals surface area contributed by atoms with E-state index in [1.807, 2.05) is 79.0 Å². The maximum atomic E-state index is 13.1. The van der Waals surface area contributed by atoms with Crippen LogP contribution in [-0.2, 0) is 14.3 Å². The molecule has 0 aromatic heterocycles. The average Bonchev–Trinajstić information content (AvgIpc) is 3.25. The number of allylic oxidation sites excluding steroid dienone is 17. The van der Waals surface area contributed by atoms with Crippen LogP contribution in [0.1, 0.15) is 201 Å². The largest absolute Gasteiger partial charge is 0.461 e. The SMILES string of the molecule is CC/C=C/C=C/C=C\C=C/C=C/CC(CC(=O)NC(CO)C(O)CCCCCCCCCCCCCCCCCC)OC(=O)CCCCCCC\C=C/C=C/C=C/C=C/CC. The first-order valence-corrected chi connectivity index (χ1v) is 24.7. The van der Waals surface area contributed by atoms with Gasteiger partial charge in [-0.05, 0) is 38.5 Å². The molecule has 0 aliphatic rings. The Kier molecular flexibility index (Phi) is 44.9. The van der Waals surface area contributed by atoms with Gasteiger partial charge in [-0.2, -0.15) is 0 Å². The molecule has 61 heavy (non-hydrogen) atoms. The maximum Gasteiger partial charge on any atom is 0.306 e. The normalized spacial score (nSPS) is 14.2. The molecular formula is C55H91NO5. The van der Waals surface area contributed by atoms with E-state index in [-0.39, 0.29) is 24.9 Å². The topological polar surface area (TPSA) is 95.9 Å². The second-order valence-electron chi connectivity index (χ2n) is 16.3. The highest BCUT2D eigenvalue weighted by atomic mass is 16.5. The number of carbonyl (C=O) groups excluding carboxylic acids is 2. The maximum absolute atomic E-state index is 13.1. The van der Waals surface area contributed by atoms with Gasteiger partial charge in [0.2, 0.25) is 5.91 Å². The number of nitrogens with one attached hydrogen (secondary N) is 1. The van der Waals surface area contributed by atoms with E-state index in [1.165, 1.54) is 83.5 Å². The molecule has 6 nitrogen and oxygen atoms in total. The minimum Gasteiger partial charge on any atom is -0.461 e. The molecular weight excluding hydrogens is 755 g/mol. The lowest BCUT2D eigenvalue weighted by atomic mass is 10.0. The first kappa shape index (κ1) is 57.5. The third kappa shape index (κ3) is 43.0. The lowest BCUT2D eigenvalue weighted by Crippen LogP contribution is -2.46. The molecule has 0 aliphatic heterocycles. The van der Waals surface area contributed by atoms with Crippen LogP contribution < -0.4 is 5.32 Å². The summed E-state index contributed by atoms with van der Waals surface area (Å²) in [6, 6.07) is -0.751. The van der Waals surface area contributed by atoms with E-state index < -0.39 is 18.2 Å². The highest BCUT2D eigenvalue weighted by Gasteiger charge is 2.23. The first-order chi connectivity index (χ1) is 30.0. The van der Waals surface area contributed by atoms with Gasteiger partial charge < -0.3 is 20.3 Å². The Hall–Kier alpha value is -3.48. The molecule has 0 aromatic carbocycles. The Morgan fingerprint density at radius 1 is 0.508 bits per heavy atom. The van der Waals surface area contributed by atoms with Gasteiger partial charge in [0.15, 0.2) is 0 Å². The minimum atomic E-state index is -0.828. The van der Waals surface area contributed by atoms with Gasteiger partial charge in [0.25, 0.3) is 0 Å². The van der Waals surface area contributed by atoms with Crippen LogP contribution in [0.2, 0.25) is 0 Å². The third-order valence-corrected chi connectivity index (χ3v) is 10.6. The molecule has 0 saturated heterocycles. The van der Waals surface area contributed by atoms with Gasteiger partial charge >= 0.3 is 5.97 Å². The van der Waals surface area contributed by atoms with Gasteiger partial charge in [-0.3, -0.25) is 9.59 Å². The zero-order valence-corrected chi connectivity index (χ0v) is 39.2. The number of aliphatic hydroxyl groups excluding tert-OH is 2. The number of aliphatic hydroxyl groups is 2. The van der Waals surface area contributed by atoms with E-state index in [2.05, 4.69) is 56.5 Å². The summed E-state index contributed by atoms with van der Waals surface area (Å²) in [5.41, 5.74) is 0. The summed E-state index contributed by atoms with van der Waals surface area (Å²) >= 11 is 0. The summed E-state index contributed by atoms with van der Waals surface area (Å²) in [6.07, 6.45) is 64.6. The summed E-state index contributed by atoms with van der Waals surface area (Å²) in [4.78, 5) is 26.0. The lowest BCUT2D eigenvalue weighted by Gasteiger charge is -2.24. The second kappa shape index (κ2) is 47.6. The summed E-state index contributed by atoms with van der Waals surface area (Å²) in [7, 11) is 0. The van der Waals surface area contributed by atoms with E-state index in [0.29, 0.717) is 19.3 Å². The molecule has 6 heteroatoms. The zero-order valence-electron chi connectivity index (χ0n) is 39.2. The highest BCUT2D eigenvalue weighted by molar-refractivity contribution is 5.77. The van der Waals surface area contributed by atoms with Crippen LogP contribution in [0.25, 0.3) is 0 Å². The molecule has 3 N–H and O–H groups in total. The van der Waals surface area contributed by atoms with Crippen LogP contribution in [-0.4, -0.2) is 46.9 Å². The second-order valence-corrected chi connectivity index (χ2v) is 16.3. The minimum absolute atomic E-state index is 0.0348. The molecule has 0 radical (unpaired) electrons. The van der Waals surface area contributed by atoms with Gasteiger partial charge in [0.1, 0.15) is 6.10 Å². The number of hydrogen-bond donors (Lipinski definition) is 3. The molecule has 0 heterocycles. The van der Waals surface area contributed by atoms with Crippen molar-refractivity contribution >= 4 is 11.9 Å². The standard InChI is InChI=1S/C55H91NO5/c1-4-7-10-13-16-19-22-24-26-28-29-32-35-38-41-44-47-53(58)52(50-57)56-54(59)49-51(46-43-40-37-34-31-21-18-15-12-9-6-3)61-55(60)48-45-42-39-36-33-30-27-25-23-20-17-14-11-8-5-2/h8-9,11-12,14-15,17-18,20-21,23,25,27,31,34,37,40,43,51-53,57-58H,4-7,10,13,16,19,22,24,26,28-30,32-33,35-36,38-39,41-42,44-50H2,1-3H3,(H,56,59)/b11-8+,12-9+,17-14+,18-15+,23-20+,27-25-,31-21-,37-34-,43-40+. The van der Waals surface area contributed by atoms with Crippen molar-refractivity contribution in [1.82, 2.24) is 5.32 Å². The van der Waals surface area contributed by atoms with E-state index in [0.717, 1.165) is 70.6 Å². The molecule has 3 atom stereocenters. The first-order valence-electron chi connectivity index (χ1n) is 24.7. The van der Waals surface area contributed by atoms with Crippen molar-refractivity contribution < 1.29 is 24.5 Å². The molecule has 0 aromatic rings. The summed E-state index contributed by atoms with van der Waals surface area (Å²) in [5.74, 6) is -0.645. The van der Waals surface area contributed by atoms with E-state index in [1.54, 1.807) is 0 Å². The Labute approximate surface area is 375 Å². The van der Waals surface area contributed by atoms with Gasteiger partial charge in [0.05, 0.1) is 25.2 Å². The van der Waals surface area contributed by atoms with Crippen molar-refractivity contribution in [3.63, 3.8) is 0 Å². The quantitative estimate of drug-likeness (QED) is 0.0323. The smallest absolute Gasteiger partial charge is 0.306 e. The van der Waals surface area contributed by atoms with Crippen molar-refractivity contribution in [2.45, 2.75) is 219 Å². The number of hydrogen-bond acceptors (Lipinski definition) is 5. The van der Waals surface area contributed by atoms with Crippen LogP contribution >= 0.6 is 0 Å². The van der Waals surface area contributed by atoms with Crippen molar-refractivity contribution in [3.8, 4) is 0 Å². The Morgan fingerprint density at radius 3 is 1.39 bits per heavy atom. The Balaban J connectivity index is 4.68. The summed E-state index contributed by atoms with van der Waals surface area (Å²) < 4.78 is 5.82. The molecule has 0 rings (SSSR count). The molecule has 3 unspecified atom stereocenters.